The maximum Gasteiger partial charge on any atom is 0.0878 e. The number of carboxylic acids is 1. The van der Waals surface area contributed by atoms with E-state index in [1.165, 1.54) is 6.07 Å². The molecule has 0 aliphatic rings. The monoisotopic (exact) mass is 228 g/mol. The number of carbonyl (C=O) groups is 1. The molecule has 0 saturated carbocycles. The molecule has 0 unspecified atom stereocenters. The zero-order valence-corrected chi connectivity index (χ0v) is 8.32. The molecule has 0 amide bonds. The normalized spacial score (nSPS) is 10.7. The number of carbonyl (C=O) groups excluding carboxylic acids is 1. The smallest absolute Gasteiger partial charge is 0.0878 e. The highest BCUT2D eigenvalue weighted by Gasteiger charge is 2.06. The van der Waals surface area contributed by atoms with Gasteiger partial charge in [-0.2, -0.15) is 0 Å². The fourth-order valence-electron chi connectivity index (χ4n) is 1.28. The molecular formula is C9H4Cl2NO2-. The van der Waals surface area contributed by atoms with E-state index < -0.39 is 5.97 Å². The molecule has 2 rings (SSSR count). The van der Waals surface area contributed by atoms with Gasteiger partial charge in [-0.25, -0.2) is 0 Å². The minimum Gasteiger partial charge on any atom is -0.543 e. The third-order valence-corrected chi connectivity index (χ3v) is 2.38. The highest BCUT2D eigenvalue weighted by molar-refractivity contribution is 6.38. The summed E-state index contributed by atoms with van der Waals surface area (Å²) in [6.45, 7) is 0. The summed E-state index contributed by atoms with van der Waals surface area (Å²) in [7, 11) is 0. The summed E-state index contributed by atoms with van der Waals surface area (Å²) in [5, 5.41) is 12.1. The summed E-state index contributed by atoms with van der Waals surface area (Å²) >= 11 is 11.6. The highest BCUT2D eigenvalue weighted by Crippen LogP contribution is 2.27. The van der Waals surface area contributed by atoms with Gasteiger partial charge >= 0.3 is 0 Å². The SMILES string of the molecule is O=C([O-])c1cc2cc(Cl)cc(Cl)c2[nH]1. The molecule has 1 aromatic carbocycles. The highest BCUT2D eigenvalue weighted by atomic mass is 35.5. The van der Waals surface area contributed by atoms with Crippen LogP contribution in [0.4, 0.5) is 0 Å². The van der Waals surface area contributed by atoms with Crippen LogP contribution in [0.1, 0.15) is 10.5 Å². The molecule has 0 saturated heterocycles. The van der Waals surface area contributed by atoms with Crippen molar-refractivity contribution in [3.8, 4) is 0 Å². The van der Waals surface area contributed by atoms with E-state index in [0.717, 1.165) is 0 Å². The third kappa shape index (κ3) is 1.45. The van der Waals surface area contributed by atoms with Gasteiger partial charge in [0.2, 0.25) is 0 Å². The molecule has 0 spiro atoms. The quantitative estimate of drug-likeness (QED) is 0.810. The van der Waals surface area contributed by atoms with Gasteiger partial charge in [-0.15, -0.1) is 0 Å². The maximum absolute atomic E-state index is 10.5. The van der Waals surface area contributed by atoms with Gasteiger partial charge in [-0.05, 0) is 18.2 Å². The largest absolute Gasteiger partial charge is 0.543 e. The van der Waals surface area contributed by atoms with E-state index >= 15 is 0 Å². The Balaban J connectivity index is 2.76. The van der Waals surface area contributed by atoms with Gasteiger partial charge in [0.05, 0.1) is 22.2 Å². The summed E-state index contributed by atoms with van der Waals surface area (Å²) in [6, 6.07) is 4.61. The number of hydrogen-bond acceptors (Lipinski definition) is 2. The van der Waals surface area contributed by atoms with Crippen LogP contribution in [0, 0.1) is 0 Å². The van der Waals surface area contributed by atoms with Crippen LogP contribution < -0.4 is 5.11 Å². The van der Waals surface area contributed by atoms with Crippen molar-refractivity contribution in [2.45, 2.75) is 0 Å². The van der Waals surface area contributed by atoms with Crippen LogP contribution in [0.5, 0.6) is 0 Å². The van der Waals surface area contributed by atoms with E-state index in [-0.39, 0.29) is 5.69 Å². The number of aromatic carboxylic acids is 1. The molecule has 3 nitrogen and oxygen atoms in total. The molecule has 1 aromatic heterocycles. The molecule has 0 aliphatic heterocycles. The first-order valence-corrected chi connectivity index (χ1v) is 4.52. The lowest BCUT2D eigenvalue weighted by molar-refractivity contribution is -0.255. The maximum atomic E-state index is 10.5. The predicted octanol–water partition coefficient (Wildman–Crippen LogP) is 1.84. The Morgan fingerprint density at radius 3 is 2.64 bits per heavy atom. The molecule has 5 heteroatoms. The van der Waals surface area contributed by atoms with Crippen LogP contribution in [0.15, 0.2) is 18.2 Å². The second kappa shape index (κ2) is 3.19. The van der Waals surface area contributed by atoms with E-state index in [4.69, 9.17) is 23.2 Å². The van der Waals surface area contributed by atoms with E-state index in [9.17, 15) is 9.90 Å². The average Bonchev–Trinajstić information content (AvgIpc) is 2.47. The van der Waals surface area contributed by atoms with Crippen LogP contribution in [0.2, 0.25) is 10.0 Å². The van der Waals surface area contributed by atoms with Crippen molar-refractivity contribution in [1.82, 2.24) is 4.98 Å². The lowest BCUT2D eigenvalue weighted by Gasteiger charge is -1.95. The Kier molecular flexibility index (Phi) is 2.13. The van der Waals surface area contributed by atoms with Gasteiger partial charge < -0.3 is 14.9 Å². The Hall–Kier alpha value is -1.19. The summed E-state index contributed by atoms with van der Waals surface area (Å²) < 4.78 is 0. The Labute approximate surface area is 89.2 Å². The zero-order chi connectivity index (χ0) is 10.3. The number of hydrogen-bond donors (Lipinski definition) is 1. The summed E-state index contributed by atoms with van der Waals surface area (Å²) in [6.07, 6.45) is 0. The number of aromatic nitrogens is 1. The van der Waals surface area contributed by atoms with Crippen LogP contribution in [0.3, 0.4) is 0 Å². The van der Waals surface area contributed by atoms with Crippen molar-refractivity contribution < 1.29 is 9.90 Å². The molecule has 0 aliphatic carbocycles. The number of fused-ring (bicyclic) bond motifs is 1. The molecule has 0 atom stereocenters. The summed E-state index contributed by atoms with van der Waals surface area (Å²) in [5.41, 5.74) is 0.541. The summed E-state index contributed by atoms with van der Waals surface area (Å²) in [5.74, 6) is -1.27. The van der Waals surface area contributed by atoms with Gasteiger partial charge in [0.25, 0.3) is 0 Å². The second-order valence-corrected chi connectivity index (χ2v) is 3.67. The lowest BCUT2D eigenvalue weighted by Crippen LogP contribution is -2.22. The van der Waals surface area contributed by atoms with E-state index in [2.05, 4.69) is 4.98 Å². The number of nitrogens with one attached hydrogen (secondary N) is 1. The van der Waals surface area contributed by atoms with Crippen molar-refractivity contribution in [2.75, 3.05) is 0 Å². The van der Waals surface area contributed by atoms with Gasteiger partial charge in [0, 0.05) is 10.4 Å². The lowest BCUT2D eigenvalue weighted by atomic mass is 10.2. The van der Waals surface area contributed by atoms with E-state index in [1.54, 1.807) is 12.1 Å². The first-order chi connectivity index (χ1) is 6.58. The fourth-order valence-corrected chi connectivity index (χ4v) is 1.83. The number of H-pyrrole nitrogens is 1. The Morgan fingerprint density at radius 2 is 2.00 bits per heavy atom. The van der Waals surface area contributed by atoms with Crippen molar-refractivity contribution in [2.24, 2.45) is 0 Å². The van der Waals surface area contributed by atoms with Crippen LogP contribution >= 0.6 is 23.2 Å². The van der Waals surface area contributed by atoms with Crippen molar-refractivity contribution in [3.63, 3.8) is 0 Å². The molecule has 1 N–H and O–H groups in total. The van der Waals surface area contributed by atoms with Gasteiger partial charge in [0.15, 0.2) is 0 Å². The average molecular weight is 229 g/mol. The first kappa shape index (κ1) is 9.37. The van der Waals surface area contributed by atoms with Crippen LogP contribution in [0.25, 0.3) is 10.9 Å². The minimum atomic E-state index is -1.27. The van der Waals surface area contributed by atoms with E-state index in [1.807, 2.05) is 0 Å². The number of aromatic amines is 1. The predicted molar refractivity (Wildman–Crippen MR) is 52.6 cm³/mol. The molecule has 0 fully saturated rings. The molecule has 72 valence electrons. The first-order valence-electron chi connectivity index (χ1n) is 3.77. The minimum absolute atomic E-state index is 0.0100. The number of carboxylic acid groups (broad SMARTS) is 1. The standard InChI is InChI=1S/C9H5Cl2NO2/c10-5-1-4-2-7(9(13)14)12-8(4)6(11)3-5/h1-3,12H,(H,13,14)/p-1. The molecule has 14 heavy (non-hydrogen) atoms. The number of rotatable bonds is 1. The summed E-state index contributed by atoms with van der Waals surface area (Å²) in [4.78, 5) is 13.2. The fraction of sp³-hybridized carbons (Fsp3) is 0. The van der Waals surface area contributed by atoms with Crippen molar-refractivity contribution >= 4 is 40.1 Å². The Bertz CT molecular complexity index is 519. The van der Waals surface area contributed by atoms with Gasteiger partial charge in [-0.1, -0.05) is 23.2 Å². The van der Waals surface area contributed by atoms with Crippen LogP contribution in [-0.4, -0.2) is 11.0 Å². The zero-order valence-electron chi connectivity index (χ0n) is 6.80. The van der Waals surface area contributed by atoms with Gasteiger partial charge in [-0.3, -0.25) is 0 Å². The number of benzene rings is 1. The second-order valence-electron chi connectivity index (χ2n) is 2.82. The topological polar surface area (TPSA) is 55.9 Å². The Morgan fingerprint density at radius 1 is 1.29 bits per heavy atom. The number of halogens is 2. The molecule has 2 aromatic rings. The molecule has 1 heterocycles. The molecule has 0 radical (unpaired) electrons. The third-order valence-electron chi connectivity index (χ3n) is 1.86. The van der Waals surface area contributed by atoms with Crippen LogP contribution in [-0.2, 0) is 0 Å². The van der Waals surface area contributed by atoms with E-state index in [0.29, 0.717) is 20.9 Å². The van der Waals surface area contributed by atoms with Crippen molar-refractivity contribution in [1.29, 1.82) is 0 Å². The molecular weight excluding hydrogens is 225 g/mol. The van der Waals surface area contributed by atoms with Crippen molar-refractivity contribution in [3.05, 3.63) is 33.9 Å². The molecule has 0 bridgehead atoms. The van der Waals surface area contributed by atoms with Gasteiger partial charge in [0.1, 0.15) is 0 Å².